The smallest absolute Gasteiger partial charge is 0.171 e. The lowest BCUT2D eigenvalue weighted by atomic mass is 10.2. The Morgan fingerprint density at radius 3 is 2.95 bits per heavy atom. The number of aromatic nitrogens is 2. The molecule has 0 fully saturated rings. The number of imidazole rings is 1. The molecular weight excluding hydrogens is 282 g/mol. The first-order valence-electron chi connectivity index (χ1n) is 6.83. The van der Waals surface area contributed by atoms with E-state index in [1.165, 1.54) is 0 Å². The molecule has 1 heterocycles. The molecule has 0 aliphatic heterocycles. The van der Waals surface area contributed by atoms with Crippen LogP contribution >= 0.6 is 11.8 Å². The minimum absolute atomic E-state index is 0.656. The molecule has 0 aliphatic carbocycles. The van der Waals surface area contributed by atoms with Crippen molar-refractivity contribution in [3.63, 3.8) is 0 Å². The second-order valence-corrected chi connectivity index (χ2v) is 5.76. The molecule has 3 rings (SSSR count). The quantitative estimate of drug-likeness (QED) is 0.715. The third-order valence-corrected chi connectivity index (χ3v) is 4.32. The minimum Gasteiger partial charge on any atom is -0.494 e. The van der Waals surface area contributed by atoms with Gasteiger partial charge in [-0.15, -0.1) is 0 Å². The van der Waals surface area contributed by atoms with Gasteiger partial charge in [-0.2, -0.15) is 0 Å². The highest BCUT2D eigenvalue weighted by Gasteiger charge is 2.08. The molecule has 21 heavy (non-hydrogen) atoms. The van der Waals surface area contributed by atoms with Crippen molar-refractivity contribution in [1.29, 1.82) is 0 Å². The lowest BCUT2D eigenvalue weighted by molar-refractivity contribution is 0.340. The van der Waals surface area contributed by atoms with Gasteiger partial charge in [-0.25, -0.2) is 4.98 Å². The number of ether oxygens (including phenoxy) is 1. The molecule has 0 saturated carbocycles. The van der Waals surface area contributed by atoms with Crippen LogP contribution in [0.1, 0.15) is 12.5 Å². The standard InChI is InChI=1S/C16H17N3OS/c1-3-20-11-7-8-13-14(9-11)19-16(18-13)21-15-6-4-5-12(17)10(15)2/h4-9H,3,17H2,1-2H3,(H,18,19). The van der Waals surface area contributed by atoms with Crippen molar-refractivity contribution in [2.75, 3.05) is 12.3 Å². The summed E-state index contributed by atoms with van der Waals surface area (Å²) in [5, 5.41) is 0.854. The largest absolute Gasteiger partial charge is 0.494 e. The Morgan fingerprint density at radius 2 is 2.14 bits per heavy atom. The van der Waals surface area contributed by atoms with E-state index >= 15 is 0 Å². The maximum absolute atomic E-state index is 5.94. The first kappa shape index (κ1) is 13.8. The number of benzene rings is 2. The molecule has 0 saturated heterocycles. The van der Waals surface area contributed by atoms with Crippen LogP contribution in [0.15, 0.2) is 46.5 Å². The first-order chi connectivity index (χ1) is 10.2. The van der Waals surface area contributed by atoms with Gasteiger partial charge >= 0.3 is 0 Å². The summed E-state index contributed by atoms with van der Waals surface area (Å²) in [6.45, 7) is 4.65. The van der Waals surface area contributed by atoms with Crippen molar-refractivity contribution < 1.29 is 4.74 Å². The maximum atomic E-state index is 5.94. The van der Waals surface area contributed by atoms with Gasteiger partial charge in [0.2, 0.25) is 0 Å². The van der Waals surface area contributed by atoms with Crippen molar-refractivity contribution in [1.82, 2.24) is 9.97 Å². The van der Waals surface area contributed by atoms with Gasteiger partial charge in [0.25, 0.3) is 0 Å². The lowest BCUT2D eigenvalue weighted by Gasteiger charge is -2.05. The van der Waals surface area contributed by atoms with Crippen molar-refractivity contribution in [3.05, 3.63) is 42.0 Å². The average Bonchev–Trinajstić information content (AvgIpc) is 2.86. The molecular formula is C16H17N3OS. The minimum atomic E-state index is 0.656. The van der Waals surface area contributed by atoms with Crippen LogP contribution in [0.4, 0.5) is 5.69 Å². The summed E-state index contributed by atoms with van der Waals surface area (Å²) in [7, 11) is 0. The molecule has 108 valence electrons. The number of nitrogens with one attached hydrogen (secondary N) is 1. The number of hydrogen-bond acceptors (Lipinski definition) is 4. The summed E-state index contributed by atoms with van der Waals surface area (Å²) >= 11 is 1.59. The highest BCUT2D eigenvalue weighted by atomic mass is 32.2. The SMILES string of the molecule is CCOc1ccc2nc(Sc3cccc(N)c3C)[nH]c2c1. The molecule has 3 aromatic rings. The van der Waals surface area contributed by atoms with E-state index in [9.17, 15) is 0 Å². The molecule has 0 radical (unpaired) electrons. The van der Waals surface area contributed by atoms with E-state index in [1.54, 1.807) is 11.8 Å². The number of nitrogen functional groups attached to an aromatic ring is 1. The summed E-state index contributed by atoms with van der Waals surface area (Å²) in [4.78, 5) is 9.02. The second-order valence-electron chi connectivity index (χ2n) is 4.73. The van der Waals surface area contributed by atoms with E-state index in [2.05, 4.69) is 16.0 Å². The van der Waals surface area contributed by atoms with Gasteiger partial charge in [0, 0.05) is 16.6 Å². The number of fused-ring (bicyclic) bond motifs is 1. The lowest BCUT2D eigenvalue weighted by Crippen LogP contribution is -1.90. The summed E-state index contributed by atoms with van der Waals surface area (Å²) in [6, 6.07) is 11.8. The van der Waals surface area contributed by atoms with E-state index in [0.29, 0.717) is 6.61 Å². The number of anilines is 1. The predicted octanol–water partition coefficient (Wildman–Crippen LogP) is 4.00. The average molecular weight is 299 g/mol. The first-order valence-corrected chi connectivity index (χ1v) is 7.64. The van der Waals surface area contributed by atoms with Crippen LogP contribution in [0.2, 0.25) is 0 Å². The molecule has 4 nitrogen and oxygen atoms in total. The number of rotatable bonds is 4. The number of H-pyrrole nitrogens is 1. The predicted molar refractivity (Wildman–Crippen MR) is 87.0 cm³/mol. The highest BCUT2D eigenvalue weighted by Crippen LogP contribution is 2.32. The van der Waals surface area contributed by atoms with Crippen molar-refractivity contribution in [2.24, 2.45) is 0 Å². The van der Waals surface area contributed by atoms with Gasteiger partial charge in [0.1, 0.15) is 5.75 Å². The van der Waals surface area contributed by atoms with Crippen LogP contribution in [0.25, 0.3) is 11.0 Å². The fraction of sp³-hybridized carbons (Fsp3) is 0.188. The molecule has 0 bridgehead atoms. The van der Waals surface area contributed by atoms with E-state index in [1.807, 2.05) is 44.2 Å². The maximum Gasteiger partial charge on any atom is 0.171 e. The molecule has 0 amide bonds. The number of nitrogens with zero attached hydrogens (tertiary/aromatic N) is 1. The Hall–Kier alpha value is -2.14. The Bertz CT molecular complexity index is 782. The Morgan fingerprint density at radius 1 is 1.29 bits per heavy atom. The van der Waals surface area contributed by atoms with Crippen LogP contribution in [0.5, 0.6) is 5.75 Å². The van der Waals surface area contributed by atoms with E-state index in [0.717, 1.165) is 38.1 Å². The van der Waals surface area contributed by atoms with Crippen LogP contribution in [0, 0.1) is 6.92 Å². The molecule has 5 heteroatoms. The Kier molecular flexibility index (Phi) is 3.75. The zero-order valence-corrected chi connectivity index (χ0v) is 12.8. The highest BCUT2D eigenvalue weighted by molar-refractivity contribution is 7.99. The van der Waals surface area contributed by atoms with Crippen LogP contribution < -0.4 is 10.5 Å². The van der Waals surface area contributed by atoms with Crippen LogP contribution in [-0.4, -0.2) is 16.6 Å². The summed E-state index contributed by atoms with van der Waals surface area (Å²) in [6.07, 6.45) is 0. The second kappa shape index (κ2) is 5.69. The van der Waals surface area contributed by atoms with Gasteiger partial charge in [-0.1, -0.05) is 17.8 Å². The van der Waals surface area contributed by atoms with Gasteiger partial charge in [-0.05, 0) is 43.7 Å². The molecule has 1 aromatic heterocycles. The Labute approximate surface area is 127 Å². The van der Waals surface area contributed by atoms with Gasteiger partial charge in [0.15, 0.2) is 5.16 Å². The van der Waals surface area contributed by atoms with Gasteiger partial charge < -0.3 is 15.5 Å². The van der Waals surface area contributed by atoms with Crippen molar-refractivity contribution in [2.45, 2.75) is 23.9 Å². The number of hydrogen-bond donors (Lipinski definition) is 2. The summed E-state index contributed by atoms with van der Waals surface area (Å²) in [5.41, 5.74) is 9.73. The van der Waals surface area contributed by atoms with Crippen molar-refractivity contribution in [3.8, 4) is 5.75 Å². The molecule has 3 N–H and O–H groups in total. The monoisotopic (exact) mass is 299 g/mol. The zero-order valence-electron chi connectivity index (χ0n) is 12.0. The summed E-state index contributed by atoms with van der Waals surface area (Å²) in [5.74, 6) is 0.852. The Balaban J connectivity index is 1.92. The summed E-state index contributed by atoms with van der Waals surface area (Å²) < 4.78 is 5.51. The topological polar surface area (TPSA) is 63.9 Å². The molecule has 0 unspecified atom stereocenters. The van der Waals surface area contributed by atoms with E-state index in [4.69, 9.17) is 10.5 Å². The van der Waals surface area contributed by atoms with Crippen LogP contribution in [-0.2, 0) is 0 Å². The van der Waals surface area contributed by atoms with Crippen LogP contribution in [0.3, 0.4) is 0 Å². The van der Waals surface area contributed by atoms with E-state index in [-0.39, 0.29) is 0 Å². The zero-order chi connectivity index (χ0) is 14.8. The number of aromatic amines is 1. The normalized spacial score (nSPS) is 11.0. The molecule has 0 spiro atoms. The van der Waals surface area contributed by atoms with E-state index < -0.39 is 0 Å². The van der Waals surface area contributed by atoms with Gasteiger partial charge in [-0.3, -0.25) is 0 Å². The molecule has 0 atom stereocenters. The van der Waals surface area contributed by atoms with Crippen molar-refractivity contribution >= 4 is 28.5 Å². The number of nitrogens with two attached hydrogens (primary N) is 1. The fourth-order valence-electron chi connectivity index (χ4n) is 2.12. The third-order valence-electron chi connectivity index (χ3n) is 3.28. The fourth-order valence-corrected chi connectivity index (χ4v) is 3.05. The third kappa shape index (κ3) is 2.83. The molecule has 2 aromatic carbocycles. The molecule has 0 aliphatic rings. The van der Waals surface area contributed by atoms with Gasteiger partial charge in [0.05, 0.1) is 17.6 Å².